The normalized spacial score (nSPS) is 19.0. The Kier molecular flexibility index (Phi) is 53.4. The van der Waals surface area contributed by atoms with E-state index in [1.165, 1.54) is 225 Å². The molecule has 1 aliphatic heterocycles. The van der Waals surface area contributed by atoms with Crippen molar-refractivity contribution in [2.45, 2.75) is 372 Å². The molecule has 0 aromatic rings. The Labute approximate surface area is 485 Å². The molecule has 0 saturated carbocycles. The van der Waals surface area contributed by atoms with Gasteiger partial charge >= 0.3 is 5.97 Å². The molecule has 11 nitrogen and oxygen atoms in total. The van der Waals surface area contributed by atoms with Gasteiger partial charge in [0.1, 0.15) is 24.4 Å². The molecule has 1 rings (SSSR count). The molecule has 0 aromatic carbocycles. The maximum absolute atomic E-state index is 13.5. The van der Waals surface area contributed by atoms with Gasteiger partial charge < -0.3 is 45.1 Å². The Morgan fingerprint density at radius 3 is 1.29 bits per heavy atom. The van der Waals surface area contributed by atoms with Crippen molar-refractivity contribution in [2.75, 3.05) is 13.2 Å². The van der Waals surface area contributed by atoms with E-state index in [4.69, 9.17) is 14.2 Å². The fourth-order valence-electron chi connectivity index (χ4n) is 10.7. The van der Waals surface area contributed by atoms with Crippen molar-refractivity contribution in [1.82, 2.24) is 5.32 Å². The second-order valence-electron chi connectivity index (χ2n) is 23.6. The molecule has 0 bridgehead atoms. The summed E-state index contributed by atoms with van der Waals surface area (Å²) in [5.74, 6) is -1.25. The number of hydrogen-bond donors (Lipinski definition) is 6. The van der Waals surface area contributed by atoms with E-state index in [1.54, 1.807) is 6.08 Å². The van der Waals surface area contributed by atoms with Gasteiger partial charge in [-0.2, -0.15) is 0 Å². The molecule has 8 atom stereocenters. The van der Waals surface area contributed by atoms with E-state index in [1.807, 2.05) is 18.2 Å². The lowest BCUT2D eigenvalue weighted by Gasteiger charge is -2.41. The van der Waals surface area contributed by atoms with Crippen LogP contribution in [-0.2, 0) is 23.8 Å². The minimum absolute atomic E-state index is 0.0201. The molecule has 1 saturated heterocycles. The summed E-state index contributed by atoms with van der Waals surface area (Å²) in [5.41, 5.74) is 0. The van der Waals surface area contributed by atoms with Crippen LogP contribution in [0.15, 0.2) is 36.5 Å². The Morgan fingerprint density at radius 2 is 0.873 bits per heavy atom. The molecule has 464 valence electrons. The zero-order valence-corrected chi connectivity index (χ0v) is 51.5. The highest BCUT2D eigenvalue weighted by atomic mass is 16.7. The number of amides is 1. The third kappa shape index (κ3) is 44.1. The number of esters is 1. The Balaban J connectivity index is 2.60. The predicted octanol–water partition coefficient (Wildman–Crippen LogP) is 16.6. The number of allylic oxidation sites excluding steroid dienone is 5. The minimum atomic E-state index is -1.63. The highest BCUT2D eigenvalue weighted by molar-refractivity contribution is 5.80. The Hall–Kier alpha value is -2.12. The second kappa shape index (κ2) is 56.4. The molecule has 0 aromatic heterocycles. The van der Waals surface area contributed by atoms with Crippen LogP contribution >= 0.6 is 0 Å². The first kappa shape index (κ1) is 74.9. The molecular formula is C68H127NO10. The number of carbonyl (C=O) groups excluding carboxylic acids is 2. The van der Waals surface area contributed by atoms with Crippen molar-refractivity contribution in [1.29, 1.82) is 0 Å². The lowest BCUT2D eigenvalue weighted by molar-refractivity contribution is -0.305. The molecule has 0 spiro atoms. The zero-order chi connectivity index (χ0) is 57.5. The summed E-state index contributed by atoms with van der Waals surface area (Å²) in [5, 5.41) is 57.0. The van der Waals surface area contributed by atoms with Crippen molar-refractivity contribution in [2.24, 2.45) is 0 Å². The van der Waals surface area contributed by atoms with Gasteiger partial charge in [0.05, 0.1) is 25.4 Å². The zero-order valence-electron chi connectivity index (χ0n) is 51.5. The average molecular weight is 1120 g/mol. The van der Waals surface area contributed by atoms with Crippen molar-refractivity contribution >= 4 is 11.9 Å². The van der Waals surface area contributed by atoms with Gasteiger partial charge in [0.25, 0.3) is 0 Å². The smallest absolute Gasteiger partial charge is 0.306 e. The summed E-state index contributed by atoms with van der Waals surface area (Å²) in [7, 11) is 0. The summed E-state index contributed by atoms with van der Waals surface area (Å²) < 4.78 is 17.6. The van der Waals surface area contributed by atoms with Crippen LogP contribution in [0.4, 0.5) is 0 Å². The largest absolute Gasteiger partial charge is 0.454 e. The van der Waals surface area contributed by atoms with Gasteiger partial charge in [-0.3, -0.25) is 9.59 Å². The highest BCUT2D eigenvalue weighted by Crippen LogP contribution is 2.26. The fourth-order valence-corrected chi connectivity index (χ4v) is 10.7. The summed E-state index contributed by atoms with van der Waals surface area (Å²) in [6.45, 7) is 5.79. The number of hydrogen-bond acceptors (Lipinski definition) is 10. The molecule has 8 unspecified atom stereocenters. The number of aliphatic hydroxyl groups excluding tert-OH is 5. The van der Waals surface area contributed by atoms with E-state index in [-0.39, 0.29) is 13.0 Å². The summed E-state index contributed by atoms with van der Waals surface area (Å²) in [4.78, 5) is 26.5. The van der Waals surface area contributed by atoms with Crippen LogP contribution in [-0.4, -0.2) is 99.6 Å². The maximum Gasteiger partial charge on any atom is 0.306 e. The van der Waals surface area contributed by atoms with Crippen molar-refractivity contribution in [3.63, 3.8) is 0 Å². The summed E-state index contributed by atoms with van der Waals surface area (Å²) >= 11 is 0. The van der Waals surface area contributed by atoms with Gasteiger partial charge in [0.2, 0.25) is 5.91 Å². The van der Waals surface area contributed by atoms with Crippen LogP contribution in [0.3, 0.4) is 0 Å². The average Bonchev–Trinajstić information content (AvgIpc) is 3.49. The molecule has 1 aliphatic rings. The maximum atomic E-state index is 13.5. The quantitative estimate of drug-likeness (QED) is 0.0195. The molecular weight excluding hydrogens is 991 g/mol. The highest BCUT2D eigenvalue weighted by Gasteiger charge is 2.47. The van der Waals surface area contributed by atoms with Crippen molar-refractivity contribution in [3.05, 3.63) is 36.5 Å². The first-order valence-electron chi connectivity index (χ1n) is 33.8. The Morgan fingerprint density at radius 1 is 0.494 bits per heavy atom. The topological polar surface area (TPSA) is 175 Å². The van der Waals surface area contributed by atoms with Crippen molar-refractivity contribution < 1.29 is 49.3 Å². The number of nitrogens with one attached hydrogen (secondary N) is 1. The van der Waals surface area contributed by atoms with Crippen LogP contribution in [0, 0.1) is 0 Å². The Bertz CT molecular complexity index is 1420. The molecule has 0 aliphatic carbocycles. The second-order valence-corrected chi connectivity index (χ2v) is 23.6. The van der Waals surface area contributed by atoms with Crippen LogP contribution in [0.2, 0.25) is 0 Å². The monoisotopic (exact) mass is 1120 g/mol. The summed E-state index contributed by atoms with van der Waals surface area (Å²) in [6, 6.07) is -1.03. The van der Waals surface area contributed by atoms with E-state index < -0.39 is 67.4 Å². The van der Waals surface area contributed by atoms with Gasteiger partial charge in [-0.15, -0.1) is 0 Å². The third-order valence-corrected chi connectivity index (χ3v) is 16.1. The van der Waals surface area contributed by atoms with E-state index >= 15 is 0 Å². The number of ether oxygens (including phenoxy) is 3. The molecule has 6 N–H and O–H groups in total. The van der Waals surface area contributed by atoms with Gasteiger partial charge in [-0.25, -0.2) is 0 Å². The van der Waals surface area contributed by atoms with E-state index in [2.05, 4.69) is 38.2 Å². The lowest BCUT2D eigenvalue weighted by atomic mass is 9.99. The number of carbonyl (C=O) groups is 2. The van der Waals surface area contributed by atoms with E-state index in [0.29, 0.717) is 19.3 Å². The lowest BCUT2D eigenvalue weighted by Crippen LogP contribution is -2.61. The summed E-state index contributed by atoms with van der Waals surface area (Å²) in [6.07, 6.45) is 57.9. The molecule has 79 heavy (non-hydrogen) atoms. The number of rotatable bonds is 58. The number of unbranched alkanes of at least 4 members (excludes halogenated alkanes) is 40. The fraction of sp³-hybridized carbons (Fsp3) is 0.882. The van der Waals surface area contributed by atoms with Crippen LogP contribution in [0.25, 0.3) is 0 Å². The SMILES string of the molecule is CCCCCCCC/C=C\C/C=C/CCC(=O)OC1C(OCC(NC(=O)C(O)CCCCCCCCCCCCCCCCCCCCCCCCCC)C(O)/C=C/CCCCCCCCCCCCC)OC(CO)C(O)C1O. The van der Waals surface area contributed by atoms with E-state index in [9.17, 15) is 35.1 Å². The van der Waals surface area contributed by atoms with Gasteiger partial charge in [-0.1, -0.05) is 308 Å². The third-order valence-electron chi connectivity index (χ3n) is 16.1. The molecule has 1 fully saturated rings. The van der Waals surface area contributed by atoms with Crippen LogP contribution in [0.1, 0.15) is 323 Å². The molecule has 1 amide bonds. The molecule has 0 radical (unpaired) electrons. The predicted molar refractivity (Wildman–Crippen MR) is 329 cm³/mol. The van der Waals surface area contributed by atoms with Gasteiger partial charge in [-0.05, 0) is 44.9 Å². The minimum Gasteiger partial charge on any atom is -0.454 e. The van der Waals surface area contributed by atoms with Crippen LogP contribution in [0.5, 0.6) is 0 Å². The van der Waals surface area contributed by atoms with Crippen molar-refractivity contribution in [3.8, 4) is 0 Å². The molecule has 11 heteroatoms. The first-order valence-corrected chi connectivity index (χ1v) is 33.8. The first-order chi connectivity index (χ1) is 38.7. The van der Waals surface area contributed by atoms with Gasteiger partial charge in [0.15, 0.2) is 12.4 Å². The number of aliphatic hydroxyl groups is 5. The standard InChI is InChI=1S/C68H127NO10/c1-4-7-10-13-16-19-22-25-26-27-28-29-30-31-32-33-34-35-38-40-43-46-49-52-55-61(72)67(76)69-59(60(71)54-51-48-45-42-39-36-23-20-17-14-11-8-5-2)58-77-68-66(65(75)64(74)62(57-70)78-68)79-63(73)56-53-50-47-44-41-37-24-21-18-15-12-9-6-3/h37,41,47,50-51,54,59-62,64-66,68,70-72,74-75H,4-36,38-40,42-46,48-49,52-53,55-58H2,1-3H3,(H,69,76)/b41-37-,50-47+,54-51+. The van der Waals surface area contributed by atoms with Gasteiger partial charge in [0, 0.05) is 6.42 Å². The van der Waals surface area contributed by atoms with Crippen LogP contribution < -0.4 is 5.32 Å². The van der Waals surface area contributed by atoms with E-state index in [0.717, 1.165) is 51.4 Å². The molecule has 1 heterocycles.